The molecule has 1 aliphatic heterocycles. The fraction of sp³-hybridized carbons (Fsp3) is 0.625. The Bertz CT molecular complexity index is 388. The first-order valence-electron chi connectivity index (χ1n) is 7.27. The first kappa shape index (κ1) is 15.0. The van der Waals surface area contributed by atoms with Crippen LogP contribution in [0, 0.1) is 5.41 Å². The lowest BCUT2D eigenvalue weighted by Crippen LogP contribution is -2.41. The second kappa shape index (κ2) is 7.41. The van der Waals surface area contributed by atoms with Gasteiger partial charge in [-0.05, 0) is 55.3 Å². The van der Waals surface area contributed by atoms with Crippen molar-refractivity contribution in [1.29, 1.82) is 0 Å². The number of halogens is 1. The zero-order valence-corrected chi connectivity index (χ0v) is 13.3. The molecule has 0 radical (unpaired) electrons. The molecule has 3 heteroatoms. The lowest BCUT2D eigenvalue weighted by molar-refractivity contribution is 0.0150. The van der Waals surface area contributed by atoms with Crippen LogP contribution in [-0.4, -0.2) is 26.3 Å². The Balaban J connectivity index is 2.04. The van der Waals surface area contributed by atoms with Crippen LogP contribution in [0.1, 0.15) is 31.7 Å². The van der Waals surface area contributed by atoms with E-state index in [2.05, 4.69) is 52.4 Å². The van der Waals surface area contributed by atoms with Gasteiger partial charge < -0.3 is 10.1 Å². The molecule has 2 rings (SSSR count). The van der Waals surface area contributed by atoms with Crippen LogP contribution in [0.25, 0.3) is 0 Å². The summed E-state index contributed by atoms with van der Waals surface area (Å²) in [5.74, 6) is 0. The van der Waals surface area contributed by atoms with E-state index in [-0.39, 0.29) is 0 Å². The lowest BCUT2D eigenvalue weighted by atomic mass is 9.75. The van der Waals surface area contributed by atoms with Gasteiger partial charge in [0.05, 0.1) is 0 Å². The van der Waals surface area contributed by atoms with E-state index in [0.717, 1.165) is 45.6 Å². The third kappa shape index (κ3) is 4.59. The van der Waals surface area contributed by atoms with Crippen molar-refractivity contribution in [2.75, 3.05) is 26.3 Å². The van der Waals surface area contributed by atoms with Crippen LogP contribution >= 0.6 is 15.9 Å². The van der Waals surface area contributed by atoms with Crippen LogP contribution in [0.5, 0.6) is 0 Å². The maximum absolute atomic E-state index is 5.56. The minimum Gasteiger partial charge on any atom is -0.381 e. The van der Waals surface area contributed by atoms with Crippen LogP contribution in [0.3, 0.4) is 0 Å². The number of hydrogen-bond donors (Lipinski definition) is 1. The standard InChI is InChI=1S/C16H24BrNO/c1-2-8-18-13-16(6-9-19-10-7-16)12-14-4-3-5-15(17)11-14/h3-5,11,18H,2,6-10,12-13H2,1H3. The second-order valence-electron chi connectivity index (χ2n) is 5.60. The molecule has 0 saturated carbocycles. The van der Waals surface area contributed by atoms with Crippen molar-refractivity contribution in [2.24, 2.45) is 5.41 Å². The van der Waals surface area contributed by atoms with Crippen molar-refractivity contribution in [1.82, 2.24) is 5.32 Å². The lowest BCUT2D eigenvalue weighted by Gasteiger charge is -2.38. The first-order valence-corrected chi connectivity index (χ1v) is 8.06. The highest BCUT2D eigenvalue weighted by molar-refractivity contribution is 9.10. The Morgan fingerprint density at radius 2 is 2.11 bits per heavy atom. The largest absolute Gasteiger partial charge is 0.381 e. The summed E-state index contributed by atoms with van der Waals surface area (Å²) < 4.78 is 6.73. The highest BCUT2D eigenvalue weighted by Gasteiger charge is 2.32. The normalized spacial score (nSPS) is 18.4. The molecule has 1 aromatic rings. The van der Waals surface area contributed by atoms with E-state index in [4.69, 9.17) is 4.74 Å². The molecule has 1 aliphatic rings. The number of benzene rings is 1. The molecule has 1 heterocycles. The average molecular weight is 326 g/mol. The van der Waals surface area contributed by atoms with E-state index in [0.29, 0.717) is 5.41 Å². The minimum absolute atomic E-state index is 0.369. The fourth-order valence-electron chi connectivity index (χ4n) is 2.83. The zero-order chi connectivity index (χ0) is 13.6. The van der Waals surface area contributed by atoms with Gasteiger partial charge in [-0.2, -0.15) is 0 Å². The van der Waals surface area contributed by atoms with Gasteiger partial charge in [-0.15, -0.1) is 0 Å². The second-order valence-corrected chi connectivity index (χ2v) is 6.51. The van der Waals surface area contributed by atoms with E-state index in [9.17, 15) is 0 Å². The van der Waals surface area contributed by atoms with Crippen molar-refractivity contribution in [3.63, 3.8) is 0 Å². The molecule has 1 N–H and O–H groups in total. The van der Waals surface area contributed by atoms with Crippen LogP contribution in [0.15, 0.2) is 28.7 Å². The van der Waals surface area contributed by atoms with Gasteiger partial charge in [0.2, 0.25) is 0 Å². The predicted octanol–water partition coefficient (Wildman–Crippen LogP) is 3.79. The molecule has 0 spiro atoms. The minimum atomic E-state index is 0.369. The number of rotatable bonds is 6. The molecule has 1 aromatic carbocycles. The Labute approximate surface area is 125 Å². The van der Waals surface area contributed by atoms with Crippen molar-refractivity contribution in [2.45, 2.75) is 32.6 Å². The summed E-state index contributed by atoms with van der Waals surface area (Å²) in [4.78, 5) is 0. The topological polar surface area (TPSA) is 21.3 Å². The van der Waals surface area contributed by atoms with E-state index >= 15 is 0 Å². The molecule has 0 bridgehead atoms. The van der Waals surface area contributed by atoms with Gasteiger partial charge >= 0.3 is 0 Å². The van der Waals surface area contributed by atoms with E-state index in [1.165, 1.54) is 16.5 Å². The van der Waals surface area contributed by atoms with Crippen LogP contribution in [0.4, 0.5) is 0 Å². The highest BCUT2D eigenvalue weighted by atomic mass is 79.9. The number of nitrogens with one attached hydrogen (secondary N) is 1. The molecular weight excluding hydrogens is 302 g/mol. The Kier molecular flexibility index (Phi) is 5.86. The zero-order valence-electron chi connectivity index (χ0n) is 11.8. The Morgan fingerprint density at radius 3 is 2.79 bits per heavy atom. The van der Waals surface area contributed by atoms with Gasteiger partial charge in [-0.3, -0.25) is 0 Å². The average Bonchev–Trinajstić information content (AvgIpc) is 2.40. The molecule has 0 unspecified atom stereocenters. The van der Waals surface area contributed by atoms with Gasteiger partial charge in [0.1, 0.15) is 0 Å². The smallest absolute Gasteiger partial charge is 0.0471 e. The number of hydrogen-bond acceptors (Lipinski definition) is 2. The molecular formula is C16H24BrNO. The van der Waals surface area contributed by atoms with Crippen molar-refractivity contribution >= 4 is 15.9 Å². The van der Waals surface area contributed by atoms with Gasteiger partial charge in [-0.25, -0.2) is 0 Å². The maximum Gasteiger partial charge on any atom is 0.0471 e. The molecule has 0 amide bonds. The van der Waals surface area contributed by atoms with E-state index in [1.807, 2.05) is 0 Å². The third-order valence-corrected chi connectivity index (χ3v) is 4.44. The summed E-state index contributed by atoms with van der Waals surface area (Å²) in [6.45, 7) is 6.25. The number of ether oxygens (including phenoxy) is 1. The summed E-state index contributed by atoms with van der Waals surface area (Å²) in [5.41, 5.74) is 1.79. The summed E-state index contributed by atoms with van der Waals surface area (Å²) in [6.07, 6.45) is 4.67. The summed E-state index contributed by atoms with van der Waals surface area (Å²) in [6, 6.07) is 8.71. The molecule has 1 saturated heterocycles. The third-order valence-electron chi connectivity index (χ3n) is 3.95. The Morgan fingerprint density at radius 1 is 1.32 bits per heavy atom. The van der Waals surface area contributed by atoms with Crippen molar-refractivity contribution in [3.8, 4) is 0 Å². The maximum atomic E-state index is 5.56. The SMILES string of the molecule is CCCNCC1(Cc2cccc(Br)c2)CCOCC1. The molecule has 0 atom stereocenters. The summed E-state index contributed by atoms with van der Waals surface area (Å²) in [7, 11) is 0. The molecule has 0 aliphatic carbocycles. The van der Waals surface area contributed by atoms with Crippen LogP contribution in [-0.2, 0) is 11.2 Å². The molecule has 0 aromatic heterocycles. The van der Waals surface area contributed by atoms with E-state index < -0.39 is 0 Å². The monoisotopic (exact) mass is 325 g/mol. The quantitative estimate of drug-likeness (QED) is 0.803. The van der Waals surface area contributed by atoms with Crippen molar-refractivity contribution in [3.05, 3.63) is 34.3 Å². The van der Waals surface area contributed by atoms with E-state index in [1.54, 1.807) is 0 Å². The van der Waals surface area contributed by atoms with Crippen LogP contribution < -0.4 is 5.32 Å². The Hall–Kier alpha value is -0.380. The van der Waals surface area contributed by atoms with Crippen LogP contribution in [0.2, 0.25) is 0 Å². The van der Waals surface area contributed by atoms with Crippen molar-refractivity contribution < 1.29 is 4.74 Å². The molecule has 2 nitrogen and oxygen atoms in total. The summed E-state index contributed by atoms with van der Waals surface area (Å²) in [5, 5.41) is 3.61. The molecule has 1 fully saturated rings. The molecule has 19 heavy (non-hydrogen) atoms. The summed E-state index contributed by atoms with van der Waals surface area (Å²) >= 11 is 3.57. The first-order chi connectivity index (χ1) is 9.24. The predicted molar refractivity (Wildman–Crippen MR) is 83.5 cm³/mol. The fourth-order valence-corrected chi connectivity index (χ4v) is 3.28. The molecule has 106 valence electrons. The van der Waals surface area contributed by atoms with Gasteiger partial charge in [0, 0.05) is 24.2 Å². The van der Waals surface area contributed by atoms with Gasteiger partial charge in [0.15, 0.2) is 0 Å². The van der Waals surface area contributed by atoms with Gasteiger partial charge in [-0.1, -0.05) is 35.0 Å². The van der Waals surface area contributed by atoms with Gasteiger partial charge in [0.25, 0.3) is 0 Å². The highest BCUT2D eigenvalue weighted by Crippen LogP contribution is 2.34.